The number of hydrogen-bond acceptors (Lipinski definition) is 6. The quantitative estimate of drug-likeness (QED) is 0.693. The summed E-state index contributed by atoms with van der Waals surface area (Å²) < 4.78 is 5.72. The molecular formula is C20H19N3O3S. The van der Waals surface area contributed by atoms with Gasteiger partial charge >= 0.3 is 5.97 Å². The average Bonchev–Trinajstić information content (AvgIpc) is 3.36. The Bertz CT molecular complexity index is 991. The van der Waals surface area contributed by atoms with Crippen molar-refractivity contribution in [1.29, 1.82) is 0 Å². The minimum absolute atomic E-state index is 0.227. The molecule has 0 spiro atoms. The highest BCUT2D eigenvalue weighted by Gasteiger charge is 2.17. The van der Waals surface area contributed by atoms with Gasteiger partial charge in [0.1, 0.15) is 0 Å². The zero-order valence-electron chi connectivity index (χ0n) is 14.9. The smallest absolute Gasteiger partial charge is 0.337 e. The van der Waals surface area contributed by atoms with Crippen LogP contribution < -0.4 is 10.2 Å². The van der Waals surface area contributed by atoms with Crippen molar-refractivity contribution < 1.29 is 14.3 Å². The summed E-state index contributed by atoms with van der Waals surface area (Å²) in [7, 11) is 1.33. The van der Waals surface area contributed by atoms with Gasteiger partial charge in [0.25, 0.3) is 5.91 Å². The molecule has 3 aromatic rings. The molecule has 0 atom stereocenters. The first-order valence-corrected chi connectivity index (χ1v) is 9.61. The van der Waals surface area contributed by atoms with E-state index in [-0.39, 0.29) is 5.91 Å². The molecular weight excluding hydrogens is 362 g/mol. The van der Waals surface area contributed by atoms with Gasteiger partial charge in [-0.3, -0.25) is 4.79 Å². The Kier molecular flexibility index (Phi) is 4.77. The molecule has 0 unspecified atom stereocenters. The maximum atomic E-state index is 12.5. The van der Waals surface area contributed by atoms with Crippen LogP contribution in [0.5, 0.6) is 0 Å². The number of nitrogens with one attached hydrogen (secondary N) is 1. The minimum atomic E-state index is -0.425. The van der Waals surface area contributed by atoms with Gasteiger partial charge in [-0.25, -0.2) is 9.78 Å². The van der Waals surface area contributed by atoms with Crippen molar-refractivity contribution in [2.45, 2.75) is 12.8 Å². The number of carbonyl (C=O) groups is 2. The van der Waals surface area contributed by atoms with Crippen molar-refractivity contribution in [2.75, 3.05) is 30.4 Å². The lowest BCUT2D eigenvalue weighted by atomic mass is 10.1. The Morgan fingerprint density at radius 2 is 1.78 bits per heavy atom. The van der Waals surface area contributed by atoms with Gasteiger partial charge in [0.2, 0.25) is 0 Å². The summed E-state index contributed by atoms with van der Waals surface area (Å²) >= 11 is 1.65. The summed E-state index contributed by atoms with van der Waals surface area (Å²) in [5, 5.41) is 3.95. The number of ether oxygens (including phenoxy) is 1. The third kappa shape index (κ3) is 3.64. The van der Waals surface area contributed by atoms with E-state index in [2.05, 4.69) is 15.0 Å². The second kappa shape index (κ2) is 7.36. The van der Waals surface area contributed by atoms with Crippen LogP contribution in [0.1, 0.15) is 33.6 Å². The maximum absolute atomic E-state index is 12.5. The van der Waals surface area contributed by atoms with Gasteiger partial charge in [-0.1, -0.05) is 11.3 Å². The molecule has 7 heteroatoms. The van der Waals surface area contributed by atoms with Crippen molar-refractivity contribution in [1.82, 2.24) is 4.98 Å². The number of hydrogen-bond donors (Lipinski definition) is 1. The first kappa shape index (κ1) is 17.5. The molecule has 27 heavy (non-hydrogen) atoms. The van der Waals surface area contributed by atoms with Crippen LogP contribution in [-0.4, -0.2) is 37.1 Å². The summed E-state index contributed by atoms with van der Waals surface area (Å²) in [5.74, 6) is -0.651. The van der Waals surface area contributed by atoms with E-state index in [9.17, 15) is 9.59 Å². The van der Waals surface area contributed by atoms with E-state index in [4.69, 9.17) is 4.98 Å². The Balaban J connectivity index is 1.50. The van der Waals surface area contributed by atoms with Crippen molar-refractivity contribution >= 4 is 44.2 Å². The van der Waals surface area contributed by atoms with Crippen LogP contribution in [0.25, 0.3) is 10.2 Å². The van der Waals surface area contributed by atoms with E-state index in [0.717, 1.165) is 34.1 Å². The molecule has 2 aromatic carbocycles. The van der Waals surface area contributed by atoms with Crippen LogP contribution in [0.15, 0.2) is 42.5 Å². The molecule has 4 rings (SSSR count). The molecule has 6 nitrogen and oxygen atoms in total. The minimum Gasteiger partial charge on any atom is -0.465 e. The van der Waals surface area contributed by atoms with Gasteiger partial charge in [0, 0.05) is 24.3 Å². The van der Waals surface area contributed by atoms with Crippen molar-refractivity contribution in [3.8, 4) is 0 Å². The number of thiazole rings is 1. The summed E-state index contributed by atoms with van der Waals surface area (Å²) in [6, 6.07) is 12.1. The number of methoxy groups -OCH3 is 1. The number of nitrogens with zero attached hydrogens (tertiary/aromatic N) is 2. The largest absolute Gasteiger partial charge is 0.465 e. The molecule has 0 radical (unpaired) electrons. The number of esters is 1. The van der Waals surface area contributed by atoms with Crippen LogP contribution in [-0.2, 0) is 4.74 Å². The fourth-order valence-electron chi connectivity index (χ4n) is 3.11. The van der Waals surface area contributed by atoms with E-state index in [1.165, 1.54) is 20.0 Å². The SMILES string of the molecule is COC(=O)c1ccc(C(=O)Nc2ccc3nc(N4CCCC4)sc3c2)cc1. The molecule has 138 valence electrons. The third-order valence-electron chi connectivity index (χ3n) is 4.58. The normalized spacial score (nSPS) is 13.7. The number of fused-ring (bicyclic) bond motifs is 1. The monoisotopic (exact) mass is 381 g/mol. The number of aromatic nitrogens is 1. The Labute approximate surface area is 160 Å². The predicted molar refractivity (Wildman–Crippen MR) is 107 cm³/mol. The second-order valence-electron chi connectivity index (χ2n) is 6.40. The van der Waals surface area contributed by atoms with Gasteiger partial charge in [-0.15, -0.1) is 0 Å². The fraction of sp³-hybridized carbons (Fsp3) is 0.250. The zero-order valence-corrected chi connectivity index (χ0v) is 15.7. The Morgan fingerprint density at radius 3 is 2.48 bits per heavy atom. The van der Waals surface area contributed by atoms with Crippen LogP contribution >= 0.6 is 11.3 Å². The van der Waals surface area contributed by atoms with Crippen LogP contribution in [0.3, 0.4) is 0 Å². The third-order valence-corrected chi connectivity index (χ3v) is 5.66. The van der Waals surface area contributed by atoms with Crippen molar-refractivity contribution in [3.63, 3.8) is 0 Å². The standard InChI is InChI=1S/C20H19N3O3S/c1-26-19(25)14-6-4-13(5-7-14)18(24)21-15-8-9-16-17(12-15)27-20(22-16)23-10-2-3-11-23/h4-9,12H,2-3,10-11H2,1H3,(H,21,24). The van der Waals surface area contributed by atoms with Crippen molar-refractivity contribution in [2.24, 2.45) is 0 Å². The van der Waals surface area contributed by atoms with Crippen molar-refractivity contribution in [3.05, 3.63) is 53.6 Å². The molecule has 1 fully saturated rings. The van der Waals surface area contributed by atoms with Crippen LogP contribution in [0.2, 0.25) is 0 Å². The summed E-state index contributed by atoms with van der Waals surface area (Å²) in [4.78, 5) is 31.0. The second-order valence-corrected chi connectivity index (χ2v) is 7.41. The Morgan fingerprint density at radius 1 is 1.07 bits per heavy atom. The first-order valence-electron chi connectivity index (χ1n) is 8.79. The molecule has 1 aliphatic heterocycles. The van der Waals surface area contributed by atoms with Gasteiger partial charge < -0.3 is 15.0 Å². The zero-order chi connectivity index (χ0) is 18.8. The lowest BCUT2D eigenvalue weighted by Gasteiger charge is -2.11. The number of benzene rings is 2. The first-order chi connectivity index (χ1) is 13.1. The number of anilines is 2. The molecule has 1 aromatic heterocycles. The summed E-state index contributed by atoms with van der Waals surface area (Å²) in [6.07, 6.45) is 2.43. The molecule has 0 aliphatic carbocycles. The molecule has 2 heterocycles. The average molecular weight is 381 g/mol. The van der Waals surface area contributed by atoms with Gasteiger partial charge in [-0.05, 0) is 55.3 Å². The van der Waals surface area contributed by atoms with E-state index < -0.39 is 5.97 Å². The molecule has 0 saturated carbocycles. The highest BCUT2D eigenvalue weighted by molar-refractivity contribution is 7.22. The molecule has 1 aliphatic rings. The van der Waals surface area contributed by atoms with Crippen LogP contribution in [0.4, 0.5) is 10.8 Å². The predicted octanol–water partition coefficient (Wildman–Crippen LogP) is 3.94. The lowest BCUT2D eigenvalue weighted by Crippen LogP contribution is -2.16. The highest BCUT2D eigenvalue weighted by Crippen LogP contribution is 2.32. The molecule has 1 amide bonds. The van der Waals surface area contributed by atoms with Gasteiger partial charge in [-0.2, -0.15) is 0 Å². The summed E-state index contributed by atoms with van der Waals surface area (Å²) in [5.41, 5.74) is 2.56. The topological polar surface area (TPSA) is 71.5 Å². The van der Waals surface area contributed by atoms with E-state index in [1.54, 1.807) is 35.6 Å². The van der Waals surface area contributed by atoms with E-state index in [0.29, 0.717) is 11.1 Å². The van der Waals surface area contributed by atoms with Gasteiger partial charge in [0.15, 0.2) is 5.13 Å². The molecule has 1 saturated heterocycles. The van der Waals surface area contributed by atoms with E-state index in [1.807, 2.05) is 18.2 Å². The molecule has 0 bridgehead atoms. The van der Waals surface area contributed by atoms with Crippen LogP contribution in [0, 0.1) is 0 Å². The number of carbonyl (C=O) groups excluding carboxylic acids is 2. The van der Waals surface area contributed by atoms with E-state index >= 15 is 0 Å². The summed E-state index contributed by atoms with van der Waals surface area (Å²) in [6.45, 7) is 2.12. The van der Waals surface area contributed by atoms with Gasteiger partial charge in [0.05, 0.1) is 22.9 Å². The molecule has 1 N–H and O–H groups in total. The fourth-order valence-corrected chi connectivity index (χ4v) is 4.17. The lowest BCUT2D eigenvalue weighted by molar-refractivity contribution is 0.0600. The maximum Gasteiger partial charge on any atom is 0.337 e. The number of amides is 1. The Hall–Kier alpha value is -2.93. The number of rotatable bonds is 4. The highest BCUT2D eigenvalue weighted by atomic mass is 32.1.